The monoisotopic (exact) mass is 388 g/mol. The van der Waals surface area contributed by atoms with Gasteiger partial charge in [0.25, 0.3) is 5.91 Å². The minimum atomic E-state index is -0.115. The maximum Gasteiger partial charge on any atom is 0.258 e. The molecule has 1 saturated heterocycles. The topological polar surface area (TPSA) is 50.8 Å². The molecule has 6 heteroatoms. The molecule has 0 spiro atoms. The number of methoxy groups -OCH3 is 1. The molecular formula is C21H28N2O3S. The predicted octanol–water partition coefficient (Wildman–Crippen LogP) is 3.87. The lowest BCUT2D eigenvalue weighted by molar-refractivity contribution is -0.123. The lowest BCUT2D eigenvalue weighted by Crippen LogP contribution is -2.40. The van der Waals surface area contributed by atoms with Crippen molar-refractivity contribution in [3.05, 3.63) is 46.7 Å². The molecule has 0 bridgehead atoms. The van der Waals surface area contributed by atoms with E-state index >= 15 is 0 Å². The number of nitrogens with one attached hydrogen (secondary N) is 1. The highest BCUT2D eigenvalue weighted by Crippen LogP contribution is 2.26. The van der Waals surface area contributed by atoms with Crippen molar-refractivity contribution >= 4 is 17.2 Å². The third-order valence-electron chi connectivity index (χ3n) is 4.93. The zero-order chi connectivity index (χ0) is 18.9. The minimum absolute atomic E-state index is 0.0171. The number of carbonyl (C=O) groups excluding carboxylic acids is 1. The van der Waals surface area contributed by atoms with Crippen molar-refractivity contribution in [1.82, 2.24) is 10.2 Å². The molecule has 1 unspecified atom stereocenters. The van der Waals surface area contributed by atoms with Gasteiger partial charge in [0.2, 0.25) is 0 Å². The Labute approximate surface area is 165 Å². The second-order valence-electron chi connectivity index (χ2n) is 6.77. The summed E-state index contributed by atoms with van der Waals surface area (Å²) in [6.45, 7) is 2.77. The van der Waals surface area contributed by atoms with Crippen molar-refractivity contribution in [1.29, 1.82) is 0 Å². The van der Waals surface area contributed by atoms with E-state index in [4.69, 9.17) is 9.47 Å². The molecule has 2 aromatic rings. The molecule has 1 aromatic carbocycles. The Balaban J connectivity index is 1.55. The summed E-state index contributed by atoms with van der Waals surface area (Å²) in [6, 6.07) is 9.75. The average molecular weight is 389 g/mol. The number of hydrogen-bond donors (Lipinski definition) is 1. The molecule has 2 heterocycles. The first-order valence-corrected chi connectivity index (χ1v) is 10.5. The van der Waals surface area contributed by atoms with E-state index in [9.17, 15) is 4.79 Å². The summed E-state index contributed by atoms with van der Waals surface area (Å²) in [6.07, 6.45) is 5.05. The third-order valence-corrected chi connectivity index (χ3v) is 5.63. The van der Waals surface area contributed by atoms with Crippen LogP contribution in [-0.2, 0) is 4.79 Å². The predicted molar refractivity (Wildman–Crippen MR) is 109 cm³/mol. The normalized spacial score (nSPS) is 16.3. The van der Waals surface area contributed by atoms with Crippen molar-refractivity contribution in [2.45, 2.75) is 31.7 Å². The van der Waals surface area contributed by atoms with Crippen LogP contribution in [0.4, 0.5) is 0 Å². The van der Waals surface area contributed by atoms with Crippen LogP contribution in [-0.4, -0.2) is 44.2 Å². The number of carbonyl (C=O) groups is 1. The smallest absolute Gasteiger partial charge is 0.258 e. The quantitative estimate of drug-likeness (QED) is 0.746. The van der Waals surface area contributed by atoms with Crippen LogP contribution in [0.1, 0.15) is 37.3 Å². The van der Waals surface area contributed by atoms with Crippen LogP contribution >= 0.6 is 11.3 Å². The lowest BCUT2D eigenvalue weighted by Gasteiger charge is -2.30. The van der Waals surface area contributed by atoms with Gasteiger partial charge in [0.1, 0.15) is 0 Å². The Morgan fingerprint density at radius 2 is 1.89 bits per heavy atom. The minimum Gasteiger partial charge on any atom is -0.493 e. The van der Waals surface area contributed by atoms with Crippen LogP contribution in [0.15, 0.2) is 41.1 Å². The Kier molecular flexibility index (Phi) is 7.54. The standard InChI is InChI=1S/C21H28N2O3S/c1-25-19-8-4-5-9-20(19)26-15-21(24)22-14-18(17-10-13-27-16-17)23-11-6-2-3-7-12-23/h4-5,8-10,13,16,18H,2-3,6-7,11-12,14-15H2,1H3,(H,22,24). The molecular weight excluding hydrogens is 360 g/mol. The molecule has 0 aliphatic carbocycles. The first-order chi connectivity index (χ1) is 13.3. The van der Waals surface area contributed by atoms with Gasteiger partial charge in [-0.05, 0) is 60.5 Å². The summed E-state index contributed by atoms with van der Waals surface area (Å²) in [5.74, 6) is 1.10. The van der Waals surface area contributed by atoms with Gasteiger partial charge in [-0.25, -0.2) is 0 Å². The van der Waals surface area contributed by atoms with E-state index in [1.165, 1.54) is 31.2 Å². The fourth-order valence-electron chi connectivity index (χ4n) is 3.47. The molecule has 1 aliphatic heterocycles. The van der Waals surface area contributed by atoms with Gasteiger partial charge in [-0.3, -0.25) is 9.69 Å². The molecule has 27 heavy (non-hydrogen) atoms. The molecule has 1 N–H and O–H groups in total. The van der Waals surface area contributed by atoms with Crippen LogP contribution in [0.5, 0.6) is 11.5 Å². The van der Waals surface area contributed by atoms with Gasteiger partial charge in [0.15, 0.2) is 18.1 Å². The fourth-order valence-corrected chi connectivity index (χ4v) is 4.18. The van der Waals surface area contributed by atoms with Gasteiger partial charge in [-0.2, -0.15) is 11.3 Å². The number of para-hydroxylation sites is 2. The SMILES string of the molecule is COc1ccccc1OCC(=O)NCC(c1ccsc1)N1CCCCCC1. The zero-order valence-corrected chi connectivity index (χ0v) is 16.7. The van der Waals surface area contributed by atoms with E-state index in [1.807, 2.05) is 18.2 Å². The Bertz CT molecular complexity index is 697. The number of ether oxygens (including phenoxy) is 2. The number of rotatable bonds is 8. The summed E-state index contributed by atoms with van der Waals surface area (Å²) in [5.41, 5.74) is 1.29. The Morgan fingerprint density at radius 1 is 1.15 bits per heavy atom. The van der Waals surface area contributed by atoms with Gasteiger partial charge < -0.3 is 14.8 Å². The van der Waals surface area contributed by atoms with Gasteiger partial charge in [-0.1, -0.05) is 25.0 Å². The molecule has 1 fully saturated rings. The average Bonchev–Trinajstić information content (AvgIpc) is 3.09. The van der Waals surface area contributed by atoms with Crippen molar-refractivity contribution in [2.24, 2.45) is 0 Å². The first kappa shape index (κ1) is 19.7. The Morgan fingerprint density at radius 3 is 2.56 bits per heavy atom. The highest BCUT2D eigenvalue weighted by Gasteiger charge is 2.22. The van der Waals surface area contributed by atoms with Crippen LogP contribution in [0.3, 0.4) is 0 Å². The van der Waals surface area contributed by atoms with Crippen molar-refractivity contribution in [3.8, 4) is 11.5 Å². The highest BCUT2D eigenvalue weighted by molar-refractivity contribution is 7.07. The number of amides is 1. The second kappa shape index (κ2) is 10.3. The van der Waals surface area contributed by atoms with Crippen LogP contribution in [0.2, 0.25) is 0 Å². The van der Waals surface area contributed by atoms with Crippen molar-refractivity contribution in [2.75, 3.05) is 33.4 Å². The molecule has 146 valence electrons. The summed E-state index contributed by atoms with van der Waals surface area (Å²) < 4.78 is 10.9. The van der Waals surface area contributed by atoms with Gasteiger partial charge in [0.05, 0.1) is 13.2 Å². The van der Waals surface area contributed by atoms with E-state index in [2.05, 4.69) is 27.0 Å². The molecule has 1 atom stereocenters. The van der Waals surface area contributed by atoms with E-state index in [0.29, 0.717) is 18.0 Å². The number of benzene rings is 1. The van der Waals surface area contributed by atoms with E-state index < -0.39 is 0 Å². The number of likely N-dealkylation sites (tertiary alicyclic amines) is 1. The third kappa shape index (κ3) is 5.71. The molecule has 5 nitrogen and oxygen atoms in total. The van der Waals surface area contributed by atoms with Gasteiger partial charge >= 0.3 is 0 Å². The van der Waals surface area contributed by atoms with Gasteiger partial charge in [-0.15, -0.1) is 0 Å². The van der Waals surface area contributed by atoms with E-state index in [-0.39, 0.29) is 18.6 Å². The maximum atomic E-state index is 12.3. The summed E-state index contributed by atoms with van der Waals surface area (Å²) in [7, 11) is 1.59. The molecule has 0 radical (unpaired) electrons. The summed E-state index contributed by atoms with van der Waals surface area (Å²) in [5, 5.41) is 7.35. The summed E-state index contributed by atoms with van der Waals surface area (Å²) in [4.78, 5) is 14.9. The van der Waals surface area contributed by atoms with E-state index in [1.54, 1.807) is 24.5 Å². The number of thiophene rings is 1. The largest absolute Gasteiger partial charge is 0.493 e. The molecule has 0 saturated carbocycles. The van der Waals surface area contributed by atoms with Crippen LogP contribution < -0.4 is 14.8 Å². The van der Waals surface area contributed by atoms with Crippen LogP contribution in [0, 0.1) is 0 Å². The zero-order valence-electron chi connectivity index (χ0n) is 15.9. The van der Waals surface area contributed by atoms with Crippen molar-refractivity contribution in [3.63, 3.8) is 0 Å². The number of nitrogens with zero attached hydrogens (tertiary/aromatic N) is 1. The molecule has 1 aliphatic rings. The lowest BCUT2D eigenvalue weighted by atomic mass is 10.1. The highest BCUT2D eigenvalue weighted by atomic mass is 32.1. The first-order valence-electron chi connectivity index (χ1n) is 9.56. The molecule has 1 amide bonds. The molecule has 3 rings (SSSR count). The fraction of sp³-hybridized carbons (Fsp3) is 0.476. The van der Waals surface area contributed by atoms with Crippen molar-refractivity contribution < 1.29 is 14.3 Å². The maximum absolute atomic E-state index is 12.3. The van der Waals surface area contributed by atoms with Crippen LogP contribution in [0.25, 0.3) is 0 Å². The van der Waals surface area contributed by atoms with E-state index in [0.717, 1.165) is 13.1 Å². The molecule has 1 aromatic heterocycles. The number of hydrogen-bond acceptors (Lipinski definition) is 5. The second-order valence-corrected chi connectivity index (χ2v) is 7.55. The van der Waals surface area contributed by atoms with Gasteiger partial charge in [0, 0.05) is 6.54 Å². The summed E-state index contributed by atoms with van der Waals surface area (Å²) >= 11 is 1.71. The Hall–Kier alpha value is -2.05.